The van der Waals surface area contributed by atoms with Crippen molar-refractivity contribution in [2.45, 2.75) is 25.8 Å². The number of likely N-dealkylation sites (tertiary alicyclic amines) is 1. The van der Waals surface area contributed by atoms with Crippen LogP contribution in [0.2, 0.25) is 0 Å². The number of carbonyl (C=O) groups is 1. The van der Waals surface area contributed by atoms with Crippen molar-refractivity contribution in [1.82, 2.24) is 10.2 Å². The fourth-order valence-electron chi connectivity index (χ4n) is 2.31. The third kappa shape index (κ3) is 3.82. The first-order valence-corrected chi connectivity index (χ1v) is 7.66. The predicted octanol–water partition coefficient (Wildman–Crippen LogP) is 2.21. The number of halogens is 1. The number of phenols is 1. The maximum Gasteiger partial charge on any atom is 0.251 e. The third-order valence-electron chi connectivity index (χ3n) is 3.53. The zero-order chi connectivity index (χ0) is 13.8. The van der Waals surface area contributed by atoms with Crippen molar-refractivity contribution in [3.05, 3.63) is 27.3 Å². The minimum atomic E-state index is -0.127. The zero-order valence-electron chi connectivity index (χ0n) is 11.0. The van der Waals surface area contributed by atoms with Crippen LogP contribution < -0.4 is 5.32 Å². The summed E-state index contributed by atoms with van der Waals surface area (Å²) >= 11 is 2.03. The lowest BCUT2D eigenvalue weighted by Gasteiger charge is -2.23. The van der Waals surface area contributed by atoms with E-state index in [0.29, 0.717) is 18.2 Å². The summed E-state index contributed by atoms with van der Waals surface area (Å²) in [6, 6.07) is 5.35. The van der Waals surface area contributed by atoms with Crippen LogP contribution in [-0.4, -0.2) is 41.6 Å². The van der Waals surface area contributed by atoms with E-state index in [2.05, 4.69) is 17.1 Å². The molecule has 1 aromatic rings. The van der Waals surface area contributed by atoms with Crippen LogP contribution in [0.4, 0.5) is 0 Å². The standard InChI is InChI=1S/C14H19IN2O2/c1-10(17-6-2-3-7-17)9-16-14(19)11-4-5-12(15)13(18)8-11/h4-5,8,10,18H,2-3,6-7,9H2,1H3,(H,16,19). The van der Waals surface area contributed by atoms with Gasteiger partial charge < -0.3 is 10.4 Å². The molecule has 1 unspecified atom stereocenters. The summed E-state index contributed by atoms with van der Waals surface area (Å²) in [5.74, 6) is 0.0265. The van der Waals surface area contributed by atoms with Gasteiger partial charge in [-0.2, -0.15) is 0 Å². The van der Waals surface area contributed by atoms with Crippen LogP contribution in [0, 0.1) is 3.57 Å². The number of phenolic OH excluding ortho intramolecular Hbond substituents is 1. The van der Waals surface area contributed by atoms with Crippen molar-refractivity contribution in [3.8, 4) is 5.75 Å². The molecule has 1 saturated heterocycles. The van der Waals surface area contributed by atoms with Gasteiger partial charge in [-0.15, -0.1) is 0 Å². The number of hydrogen-bond donors (Lipinski definition) is 2. The van der Waals surface area contributed by atoms with E-state index < -0.39 is 0 Å². The average molecular weight is 374 g/mol. The molecule has 104 valence electrons. The Morgan fingerprint density at radius 2 is 2.16 bits per heavy atom. The van der Waals surface area contributed by atoms with Gasteiger partial charge in [-0.25, -0.2) is 0 Å². The van der Waals surface area contributed by atoms with E-state index in [1.165, 1.54) is 18.9 Å². The lowest BCUT2D eigenvalue weighted by atomic mass is 10.2. The van der Waals surface area contributed by atoms with Crippen molar-refractivity contribution in [2.24, 2.45) is 0 Å². The first kappa shape index (κ1) is 14.6. The molecule has 4 nitrogen and oxygen atoms in total. The van der Waals surface area contributed by atoms with Gasteiger partial charge in [0.25, 0.3) is 5.91 Å². The molecule has 1 amide bonds. The molecule has 1 fully saturated rings. The smallest absolute Gasteiger partial charge is 0.251 e. The summed E-state index contributed by atoms with van der Waals surface area (Å²) in [5.41, 5.74) is 0.506. The second-order valence-electron chi connectivity index (χ2n) is 4.97. The molecule has 0 saturated carbocycles. The van der Waals surface area contributed by atoms with Gasteiger partial charge in [0.1, 0.15) is 5.75 Å². The molecule has 1 aromatic carbocycles. The highest BCUT2D eigenvalue weighted by Gasteiger charge is 2.18. The molecule has 0 aliphatic carbocycles. The van der Waals surface area contributed by atoms with Crippen LogP contribution in [0.5, 0.6) is 5.75 Å². The number of benzene rings is 1. The van der Waals surface area contributed by atoms with E-state index in [0.717, 1.165) is 16.7 Å². The molecule has 2 rings (SSSR count). The van der Waals surface area contributed by atoms with Crippen LogP contribution >= 0.6 is 22.6 Å². The van der Waals surface area contributed by atoms with E-state index in [-0.39, 0.29) is 11.7 Å². The highest BCUT2D eigenvalue weighted by atomic mass is 127. The Morgan fingerprint density at radius 1 is 1.47 bits per heavy atom. The maximum atomic E-state index is 12.0. The highest BCUT2D eigenvalue weighted by molar-refractivity contribution is 14.1. The van der Waals surface area contributed by atoms with Crippen molar-refractivity contribution in [2.75, 3.05) is 19.6 Å². The minimum Gasteiger partial charge on any atom is -0.507 e. The summed E-state index contributed by atoms with van der Waals surface area (Å²) < 4.78 is 0.750. The summed E-state index contributed by atoms with van der Waals surface area (Å²) in [6.45, 7) is 5.03. The van der Waals surface area contributed by atoms with Crippen LogP contribution in [0.3, 0.4) is 0 Å². The van der Waals surface area contributed by atoms with Crippen LogP contribution in [0.1, 0.15) is 30.1 Å². The number of carbonyl (C=O) groups excluding carboxylic acids is 1. The molecule has 0 aromatic heterocycles. The summed E-state index contributed by atoms with van der Waals surface area (Å²) in [7, 11) is 0. The second kappa shape index (κ2) is 6.56. The Bertz CT molecular complexity index is 459. The Hall–Kier alpha value is -0.820. The van der Waals surface area contributed by atoms with Gasteiger partial charge in [0, 0.05) is 18.2 Å². The van der Waals surface area contributed by atoms with Crippen molar-refractivity contribution in [3.63, 3.8) is 0 Å². The molecule has 1 atom stereocenters. The fourth-order valence-corrected chi connectivity index (χ4v) is 2.64. The average Bonchev–Trinajstić information content (AvgIpc) is 2.92. The molecule has 5 heteroatoms. The zero-order valence-corrected chi connectivity index (χ0v) is 13.2. The summed E-state index contributed by atoms with van der Waals surface area (Å²) in [4.78, 5) is 14.4. The largest absolute Gasteiger partial charge is 0.507 e. The topological polar surface area (TPSA) is 52.6 Å². The number of hydrogen-bond acceptors (Lipinski definition) is 3. The Balaban J connectivity index is 1.88. The van der Waals surface area contributed by atoms with E-state index >= 15 is 0 Å². The molecular weight excluding hydrogens is 355 g/mol. The van der Waals surface area contributed by atoms with Crippen LogP contribution in [0.25, 0.3) is 0 Å². The molecule has 0 bridgehead atoms. The summed E-state index contributed by atoms with van der Waals surface area (Å²) in [6.07, 6.45) is 2.51. The lowest BCUT2D eigenvalue weighted by Crippen LogP contribution is -2.40. The molecule has 19 heavy (non-hydrogen) atoms. The normalized spacial score (nSPS) is 17.4. The number of rotatable bonds is 4. The Kier molecular flexibility index (Phi) is 5.04. The number of nitrogens with zero attached hydrogens (tertiary/aromatic N) is 1. The molecule has 0 radical (unpaired) electrons. The minimum absolute atomic E-state index is 0.127. The number of aromatic hydroxyl groups is 1. The molecule has 1 aliphatic rings. The van der Waals surface area contributed by atoms with Gasteiger partial charge in [0.2, 0.25) is 0 Å². The van der Waals surface area contributed by atoms with Gasteiger partial charge >= 0.3 is 0 Å². The third-order valence-corrected chi connectivity index (χ3v) is 4.44. The molecule has 1 aliphatic heterocycles. The van der Waals surface area contributed by atoms with Gasteiger partial charge in [-0.1, -0.05) is 0 Å². The van der Waals surface area contributed by atoms with Crippen molar-refractivity contribution < 1.29 is 9.90 Å². The van der Waals surface area contributed by atoms with Crippen LogP contribution in [0.15, 0.2) is 18.2 Å². The summed E-state index contributed by atoms with van der Waals surface area (Å²) in [5, 5.41) is 12.5. The van der Waals surface area contributed by atoms with Gasteiger partial charge in [0.05, 0.1) is 3.57 Å². The Morgan fingerprint density at radius 3 is 2.79 bits per heavy atom. The van der Waals surface area contributed by atoms with Gasteiger partial charge in [-0.3, -0.25) is 9.69 Å². The maximum absolute atomic E-state index is 12.0. The van der Waals surface area contributed by atoms with Gasteiger partial charge in [0.15, 0.2) is 0 Å². The predicted molar refractivity (Wildman–Crippen MR) is 83.4 cm³/mol. The number of nitrogens with one attached hydrogen (secondary N) is 1. The number of amides is 1. The Labute approximate surface area is 127 Å². The van der Waals surface area contributed by atoms with Crippen LogP contribution in [-0.2, 0) is 0 Å². The monoisotopic (exact) mass is 374 g/mol. The molecule has 0 spiro atoms. The molecule has 1 heterocycles. The quantitative estimate of drug-likeness (QED) is 0.795. The second-order valence-corrected chi connectivity index (χ2v) is 6.13. The van der Waals surface area contributed by atoms with E-state index in [9.17, 15) is 9.90 Å². The van der Waals surface area contributed by atoms with Crippen molar-refractivity contribution in [1.29, 1.82) is 0 Å². The molecule has 2 N–H and O–H groups in total. The highest BCUT2D eigenvalue weighted by Crippen LogP contribution is 2.20. The first-order chi connectivity index (χ1) is 9.08. The SMILES string of the molecule is CC(CNC(=O)c1ccc(I)c(O)c1)N1CCCC1. The fraction of sp³-hybridized carbons (Fsp3) is 0.500. The first-order valence-electron chi connectivity index (χ1n) is 6.58. The lowest BCUT2D eigenvalue weighted by molar-refractivity contribution is 0.0940. The van der Waals surface area contributed by atoms with Crippen molar-refractivity contribution >= 4 is 28.5 Å². The molecular formula is C14H19IN2O2. The van der Waals surface area contributed by atoms with E-state index in [4.69, 9.17) is 0 Å². The van der Waals surface area contributed by atoms with E-state index in [1.807, 2.05) is 22.6 Å². The van der Waals surface area contributed by atoms with E-state index in [1.54, 1.807) is 12.1 Å². The van der Waals surface area contributed by atoms with Gasteiger partial charge in [-0.05, 0) is 73.6 Å².